The topological polar surface area (TPSA) is 203 Å². The quantitative estimate of drug-likeness (QED) is 0.124. The minimum Gasteiger partial charge on any atom is -0.458 e. The highest BCUT2D eigenvalue weighted by molar-refractivity contribution is 5.85. The van der Waals surface area contributed by atoms with Gasteiger partial charge in [-0.25, -0.2) is 4.79 Å². The van der Waals surface area contributed by atoms with Gasteiger partial charge in [-0.3, -0.25) is 0 Å². The average Bonchev–Trinajstić information content (AvgIpc) is 3.70. The Bertz CT molecular complexity index is 1490. The molecule has 0 bridgehead atoms. The molecule has 0 aromatic rings. The second-order valence-corrected chi connectivity index (χ2v) is 18.5. The van der Waals surface area contributed by atoms with Crippen LogP contribution in [0.1, 0.15) is 92.4 Å². The molecule has 0 spiro atoms. The Balaban J connectivity index is 0.909. The first-order chi connectivity index (χ1) is 26.0. The smallest absolute Gasteiger partial charge is 0.331 e. The lowest BCUT2D eigenvalue weighted by molar-refractivity contribution is -0.367. The summed E-state index contributed by atoms with van der Waals surface area (Å²) in [5, 5.41) is 67.5. The van der Waals surface area contributed by atoms with Gasteiger partial charge in [0.1, 0.15) is 43.2 Å². The highest BCUT2D eigenvalue weighted by Gasteiger charge is 2.68. The summed E-state index contributed by atoms with van der Waals surface area (Å²) >= 11 is 0. The number of esters is 1. The van der Waals surface area contributed by atoms with Gasteiger partial charge in [0.2, 0.25) is 0 Å². The van der Waals surface area contributed by atoms with E-state index in [1.54, 1.807) is 26.8 Å². The molecule has 0 radical (unpaired) electrons. The molecule has 21 atom stereocenters. The van der Waals surface area contributed by atoms with Crippen LogP contribution >= 0.6 is 0 Å². The van der Waals surface area contributed by atoms with Crippen LogP contribution < -0.4 is 0 Å². The summed E-state index contributed by atoms with van der Waals surface area (Å²) < 4.78 is 41.4. The summed E-state index contributed by atoms with van der Waals surface area (Å²) in [6.07, 6.45) is -1.94. The Morgan fingerprint density at radius 1 is 0.709 bits per heavy atom. The second-order valence-electron chi connectivity index (χ2n) is 18.5. The molecule has 9 unspecified atom stereocenters. The minimum atomic E-state index is -1.52. The van der Waals surface area contributed by atoms with Crippen molar-refractivity contribution >= 4 is 5.97 Å². The maximum atomic E-state index is 12.6. The van der Waals surface area contributed by atoms with Crippen LogP contribution in [-0.2, 0) is 38.0 Å². The largest absolute Gasteiger partial charge is 0.458 e. The van der Waals surface area contributed by atoms with Gasteiger partial charge in [-0.1, -0.05) is 19.9 Å². The molecular formula is C41H62O14. The van der Waals surface area contributed by atoms with Gasteiger partial charge in [0.15, 0.2) is 18.9 Å². The fourth-order valence-electron chi connectivity index (χ4n) is 12.3. The Morgan fingerprint density at radius 2 is 1.38 bits per heavy atom. The lowest BCUT2D eigenvalue weighted by Crippen LogP contribution is -2.64. The number of aliphatic hydroxyl groups is 6. The molecule has 0 aromatic heterocycles. The number of hydrogen-bond acceptors (Lipinski definition) is 14. The third-order valence-electron chi connectivity index (χ3n) is 15.7. The molecule has 55 heavy (non-hydrogen) atoms. The molecule has 0 aromatic carbocycles. The van der Waals surface area contributed by atoms with Crippen LogP contribution in [0.5, 0.6) is 0 Å². The highest BCUT2D eigenvalue weighted by Crippen LogP contribution is 2.70. The predicted octanol–water partition coefficient (Wildman–Crippen LogP) is 1.99. The first kappa shape index (κ1) is 40.3. The van der Waals surface area contributed by atoms with E-state index in [9.17, 15) is 35.4 Å². The van der Waals surface area contributed by atoms with Crippen molar-refractivity contribution < 1.29 is 68.6 Å². The van der Waals surface area contributed by atoms with Crippen molar-refractivity contribution in [1.29, 1.82) is 0 Å². The van der Waals surface area contributed by atoms with Gasteiger partial charge in [-0.05, 0) is 119 Å². The fraction of sp³-hybridized carbons (Fsp3) is 0.878. The number of hydrogen-bond donors (Lipinski definition) is 6. The van der Waals surface area contributed by atoms with Crippen molar-refractivity contribution in [1.82, 2.24) is 0 Å². The minimum absolute atomic E-state index is 0.0232. The molecule has 14 heteroatoms. The molecular weight excluding hydrogens is 716 g/mol. The number of fused-ring (bicyclic) bond motifs is 5. The third kappa shape index (κ3) is 6.77. The van der Waals surface area contributed by atoms with Crippen molar-refractivity contribution in [3.05, 3.63) is 23.8 Å². The van der Waals surface area contributed by atoms with E-state index in [2.05, 4.69) is 13.8 Å². The van der Waals surface area contributed by atoms with E-state index >= 15 is 0 Å². The molecule has 4 saturated carbocycles. The summed E-state index contributed by atoms with van der Waals surface area (Å²) in [4.78, 5) is 11.9. The first-order valence-electron chi connectivity index (χ1n) is 20.6. The monoisotopic (exact) mass is 778 g/mol. The Labute approximate surface area is 323 Å². The van der Waals surface area contributed by atoms with Crippen molar-refractivity contribution in [2.75, 3.05) is 6.61 Å². The molecule has 8 rings (SSSR count). The molecule has 0 amide bonds. The van der Waals surface area contributed by atoms with Crippen molar-refractivity contribution in [2.45, 2.75) is 184 Å². The summed E-state index contributed by atoms with van der Waals surface area (Å²) in [7, 11) is 0. The van der Waals surface area contributed by atoms with E-state index in [4.69, 9.17) is 33.2 Å². The van der Waals surface area contributed by atoms with Crippen LogP contribution in [0.25, 0.3) is 0 Å². The fourth-order valence-corrected chi connectivity index (χ4v) is 12.3. The lowest BCUT2D eigenvalue weighted by atomic mass is 9.43. The van der Waals surface area contributed by atoms with Gasteiger partial charge in [-0.2, -0.15) is 0 Å². The molecule has 4 aliphatic heterocycles. The third-order valence-corrected chi connectivity index (χ3v) is 15.7. The summed E-state index contributed by atoms with van der Waals surface area (Å²) in [6.45, 7) is 9.93. The van der Waals surface area contributed by atoms with E-state index in [0.29, 0.717) is 18.4 Å². The van der Waals surface area contributed by atoms with Crippen LogP contribution in [0.4, 0.5) is 0 Å². The van der Waals surface area contributed by atoms with Crippen molar-refractivity contribution in [3.63, 3.8) is 0 Å². The van der Waals surface area contributed by atoms with Gasteiger partial charge >= 0.3 is 5.97 Å². The molecule has 2 saturated heterocycles. The maximum absolute atomic E-state index is 12.6. The Kier molecular flexibility index (Phi) is 10.9. The van der Waals surface area contributed by atoms with Crippen LogP contribution in [0, 0.1) is 34.5 Å². The number of rotatable bonds is 7. The van der Waals surface area contributed by atoms with Crippen LogP contribution in [0.2, 0.25) is 0 Å². The molecule has 6 N–H and O–H groups in total. The molecule has 6 fully saturated rings. The van der Waals surface area contributed by atoms with E-state index < -0.39 is 85.5 Å². The summed E-state index contributed by atoms with van der Waals surface area (Å²) in [6, 6.07) is 0. The van der Waals surface area contributed by atoms with E-state index in [-0.39, 0.29) is 34.7 Å². The lowest BCUT2D eigenvalue weighted by Gasteiger charge is -2.64. The Hall–Kier alpha value is -1.53. The molecule has 4 aliphatic carbocycles. The van der Waals surface area contributed by atoms with E-state index in [1.165, 1.54) is 12.2 Å². The number of aliphatic hydroxyl groups excluding tert-OH is 5. The van der Waals surface area contributed by atoms with Gasteiger partial charge in [0.25, 0.3) is 0 Å². The van der Waals surface area contributed by atoms with E-state index in [1.807, 2.05) is 0 Å². The maximum Gasteiger partial charge on any atom is 0.331 e. The van der Waals surface area contributed by atoms with Gasteiger partial charge in [0, 0.05) is 11.5 Å². The Morgan fingerprint density at radius 3 is 2.04 bits per heavy atom. The SMILES string of the molecule is CC1O[C@@H](O[C@@H]2[C@H](O)C(O[C@@H]3[C@H](O)C(O[C@H]4CCC5(C)C6CCC7(C)[C@@H](C8=CC(=O)OC8)CC[C@]7(O)C6CC[C@@H]5C4)OC(C)[C@@H]3O)OC(C)[C@@H]2O)C=C[C@H]1O. The van der Waals surface area contributed by atoms with Gasteiger partial charge in [-0.15, -0.1) is 0 Å². The number of ether oxygens (including phenoxy) is 7. The van der Waals surface area contributed by atoms with Crippen LogP contribution in [0.3, 0.4) is 0 Å². The normalized spacial score (nSPS) is 55.3. The zero-order chi connectivity index (χ0) is 39.2. The molecule has 310 valence electrons. The van der Waals surface area contributed by atoms with E-state index in [0.717, 1.165) is 63.4 Å². The standard InChI is InChI=1S/C41H62O14/c1-19-28(42)8-9-30(50-19)54-35-31(44)20(2)52-38(33(35)46)55-36-32(45)21(3)51-37(34(36)47)53-24-10-13-39(4)23(17-24)6-7-27-26(39)11-14-40(5)25(12-15-41(27,40)48)22-16-29(43)49-18-22/h8-9,16,19-21,23-28,30-38,42,44-48H,6-7,10-15,17-18H2,1-5H3/t19?,20?,21?,23-,24+,25-,26?,27?,28-,30+,31+,32+,33+,34+,35+,36+,37?,38?,39?,40?,41+/m1/s1. The summed E-state index contributed by atoms with van der Waals surface area (Å²) in [5.41, 5.74) is -0.0221. The van der Waals surface area contributed by atoms with Crippen LogP contribution in [-0.4, -0.2) is 135 Å². The molecule has 4 heterocycles. The van der Waals surface area contributed by atoms with Crippen molar-refractivity contribution in [3.8, 4) is 0 Å². The number of carbonyl (C=O) groups is 1. The number of carbonyl (C=O) groups excluding carboxylic acids is 1. The highest BCUT2D eigenvalue weighted by atomic mass is 16.7. The first-order valence-corrected chi connectivity index (χ1v) is 20.6. The second kappa shape index (κ2) is 14.9. The molecule has 14 nitrogen and oxygen atoms in total. The average molecular weight is 779 g/mol. The predicted molar refractivity (Wildman–Crippen MR) is 193 cm³/mol. The molecule has 8 aliphatic rings. The summed E-state index contributed by atoms with van der Waals surface area (Å²) in [5.74, 6) is 0.798. The zero-order valence-corrected chi connectivity index (χ0v) is 32.6. The van der Waals surface area contributed by atoms with Gasteiger partial charge < -0.3 is 63.8 Å². The van der Waals surface area contributed by atoms with Gasteiger partial charge in [0.05, 0.1) is 36.1 Å². The van der Waals surface area contributed by atoms with Crippen molar-refractivity contribution in [2.24, 2.45) is 34.5 Å². The zero-order valence-electron chi connectivity index (χ0n) is 32.6. The number of cyclic esters (lactones) is 1. The van der Waals surface area contributed by atoms with Crippen LogP contribution in [0.15, 0.2) is 23.8 Å².